The summed E-state index contributed by atoms with van der Waals surface area (Å²) in [7, 11) is 0. The van der Waals surface area contributed by atoms with Gasteiger partial charge in [-0.25, -0.2) is 4.98 Å². The Morgan fingerprint density at radius 2 is 2.07 bits per heavy atom. The van der Waals surface area contributed by atoms with Crippen molar-refractivity contribution in [1.82, 2.24) is 14.5 Å². The van der Waals surface area contributed by atoms with E-state index in [1.807, 2.05) is 30.5 Å². The zero-order chi connectivity index (χ0) is 20.5. The lowest BCUT2D eigenvalue weighted by Gasteiger charge is -2.11. The molecule has 0 radical (unpaired) electrons. The first-order chi connectivity index (χ1) is 14.7. The SMILES string of the molecule is O=C(COc1ccc2nc3n(c(=O)c2c1)CCCCC3)Nc1ccc2[nH]ccc2c1. The van der Waals surface area contributed by atoms with Gasteiger partial charge in [-0.3, -0.25) is 14.2 Å². The molecule has 0 aliphatic carbocycles. The van der Waals surface area contributed by atoms with Gasteiger partial charge in [-0.15, -0.1) is 0 Å². The minimum Gasteiger partial charge on any atom is -0.484 e. The van der Waals surface area contributed by atoms with Crippen LogP contribution in [-0.4, -0.2) is 27.0 Å². The van der Waals surface area contributed by atoms with Crippen molar-refractivity contribution in [2.24, 2.45) is 0 Å². The minimum absolute atomic E-state index is 0.0355. The van der Waals surface area contributed by atoms with E-state index in [-0.39, 0.29) is 18.1 Å². The topological polar surface area (TPSA) is 89.0 Å². The molecule has 0 fully saturated rings. The monoisotopic (exact) mass is 402 g/mol. The number of aromatic amines is 1. The zero-order valence-electron chi connectivity index (χ0n) is 16.5. The molecule has 0 spiro atoms. The molecule has 30 heavy (non-hydrogen) atoms. The van der Waals surface area contributed by atoms with Crippen LogP contribution in [0.25, 0.3) is 21.8 Å². The zero-order valence-corrected chi connectivity index (χ0v) is 16.5. The standard InChI is InChI=1S/C23H22N4O3/c28-22(25-16-5-7-19-15(12-16)9-10-24-19)14-30-17-6-8-20-18(13-17)23(29)27-11-3-1-2-4-21(27)26-20/h5-10,12-13,24H,1-4,11,14H2,(H,25,28). The number of carbonyl (C=O) groups is 1. The summed E-state index contributed by atoms with van der Waals surface area (Å²) in [6.07, 6.45) is 5.85. The summed E-state index contributed by atoms with van der Waals surface area (Å²) >= 11 is 0. The molecule has 4 aromatic rings. The Morgan fingerprint density at radius 3 is 3.00 bits per heavy atom. The Bertz CT molecular complexity index is 1310. The number of aryl methyl sites for hydroxylation is 1. The summed E-state index contributed by atoms with van der Waals surface area (Å²) in [6.45, 7) is 0.562. The summed E-state index contributed by atoms with van der Waals surface area (Å²) in [6, 6.07) is 12.8. The molecule has 2 aromatic heterocycles. The molecule has 7 nitrogen and oxygen atoms in total. The predicted octanol–water partition coefficient (Wildman–Crippen LogP) is 3.62. The highest BCUT2D eigenvalue weighted by Crippen LogP contribution is 2.20. The molecular weight excluding hydrogens is 380 g/mol. The van der Waals surface area contributed by atoms with Crippen LogP contribution >= 0.6 is 0 Å². The van der Waals surface area contributed by atoms with Gasteiger partial charge in [-0.05, 0) is 55.3 Å². The third kappa shape index (κ3) is 3.54. The first kappa shape index (κ1) is 18.4. The van der Waals surface area contributed by atoms with Gasteiger partial charge in [0, 0.05) is 35.8 Å². The molecule has 1 aliphatic heterocycles. The number of hydrogen-bond acceptors (Lipinski definition) is 4. The number of benzene rings is 2. The Labute approximate surface area is 172 Å². The Balaban J connectivity index is 1.31. The lowest BCUT2D eigenvalue weighted by molar-refractivity contribution is -0.118. The summed E-state index contributed by atoms with van der Waals surface area (Å²) in [5, 5.41) is 4.38. The maximum Gasteiger partial charge on any atom is 0.262 e. The van der Waals surface area contributed by atoms with Gasteiger partial charge < -0.3 is 15.0 Å². The smallest absolute Gasteiger partial charge is 0.262 e. The van der Waals surface area contributed by atoms with Crippen molar-refractivity contribution in [3.63, 3.8) is 0 Å². The number of aromatic nitrogens is 3. The van der Waals surface area contributed by atoms with Crippen LogP contribution in [0.4, 0.5) is 5.69 Å². The number of amides is 1. The van der Waals surface area contributed by atoms with E-state index in [0.717, 1.165) is 42.4 Å². The van der Waals surface area contributed by atoms with E-state index in [9.17, 15) is 9.59 Å². The van der Waals surface area contributed by atoms with Gasteiger partial charge >= 0.3 is 0 Å². The van der Waals surface area contributed by atoms with Crippen molar-refractivity contribution >= 4 is 33.4 Å². The van der Waals surface area contributed by atoms with Crippen LogP contribution in [0.1, 0.15) is 25.1 Å². The van der Waals surface area contributed by atoms with Gasteiger partial charge in [0.2, 0.25) is 0 Å². The van der Waals surface area contributed by atoms with Crippen LogP contribution in [0, 0.1) is 0 Å². The molecule has 3 heterocycles. The normalized spacial score (nSPS) is 13.7. The third-order valence-electron chi connectivity index (χ3n) is 5.49. The van der Waals surface area contributed by atoms with E-state index in [2.05, 4.69) is 15.3 Å². The minimum atomic E-state index is -0.262. The highest BCUT2D eigenvalue weighted by atomic mass is 16.5. The highest BCUT2D eigenvalue weighted by molar-refractivity contribution is 5.94. The number of fused-ring (bicyclic) bond motifs is 3. The van der Waals surface area contributed by atoms with Crippen LogP contribution < -0.4 is 15.6 Å². The average molecular weight is 402 g/mol. The van der Waals surface area contributed by atoms with Crippen LogP contribution in [0.3, 0.4) is 0 Å². The van der Waals surface area contributed by atoms with E-state index in [4.69, 9.17) is 4.74 Å². The number of nitrogens with zero attached hydrogens (tertiary/aromatic N) is 2. The van der Waals surface area contributed by atoms with Gasteiger partial charge in [-0.2, -0.15) is 0 Å². The van der Waals surface area contributed by atoms with E-state index >= 15 is 0 Å². The van der Waals surface area contributed by atoms with E-state index < -0.39 is 0 Å². The summed E-state index contributed by atoms with van der Waals surface area (Å²) < 4.78 is 7.43. The second-order valence-electron chi connectivity index (χ2n) is 7.59. The molecule has 5 rings (SSSR count). The van der Waals surface area contributed by atoms with Crippen molar-refractivity contribution in [1.29, 1.82) is 0 Å². The quantitative estimate of drug-likeness (QED) is 0.546. The second kappa shape index (κ2) is 7.67. The van der Waals surface area contributed by atoms with Gasteiger partial charge in [-0.1, -0.05) is 6.42 Å². The Morgan fingerprint density at radius 1 is 1.13 bits per heavy atom. The van der Waals surface area contributed by atoms with E-state index in [0.29, 0.717) is 28.9 Å². The maximum absolute atomic E-state index is 12.9. The van der Waals surface area contributed by atoms with Crippen LogP contribution in [-0.2, 0) is 17.8 Å². The lowest BCUT2D eigenvalue weighted by atomic mass is 10.2. The summed E-state index contributed by atoms with van der Waals surface area (Å²) in [5.74, 6) is 1.08. The van der Waals surface area contributed by atoms with Gasteiger partial charge in [0.1, 0.15) is 11.6 Å². The fraction of sp³-hybridized carbons (Fsp3) is 0.261. The molecule has 7 heteroatoms. The number of ether oxygens (including phenoxy) is 1. The number of carbonyl (C=O) groups excluding carboxylic acids is 1. The van der Waals surface area contributed by atoms with Crippen molar-refractivity contribution < 1.29 is 9.53 Å². The first-order valence-electron chi connectivity index (χ1n) is 10.2. The van der Waals surface area contributed by atoms with Crippen molar-refractivity contribution in [3.8, 4) is 5.75 Å². The molecule has 2 N–H and O–H groups in total. The molecule has 0 bridgehead atoms. The molecule has 0 atom stereocenters. The lowest BCUT2D eigenvalue weighted by Crippen LogP contribution is -2.24. The molecule has 1 amide bonds. The number of hydrogen-bond donors (Lipinski definition) is 2. The molecule has 0 unspecified atom stereocenters. The third-order valence-corrected chi connectivity index (χ3v) is 5.49. The van der Waals surface area contributed by atoms with Crippen molar-refractivity contribution in [3.05, 3.63) is 64.8 Å². The Hall–Kier alpha value is -3.61. The Kier molecular flexibility index (Phi) is 4.71. The van der Waals surface area contributed by atoms with Gasteiger partial charge in [0.25, 0.3) is 11.5 Å². The molecule has 152 valence electrons. The largest absolute Gasteiger partial charge is 0.484 e. The molecule has 0 saturated carbocycles. The van der Waals surface area contributed by atoms with E-state index in [1.165, 1.54) is 0 Å². The van der Waals surface area contributed by atoms with Crippen molar-refractivity contribution in [2.75, 3.05) is 11.9 Å². The summed E-state index contributed by atoms with van der Waals surface area (Å²) in [5.41, 5.74) is 2.36. The molecule has 1 aliphatic rings. The number of nitrogens with one attached hydrogen (secondary N) is 2. The molecule has 0 saturated heterocycles. The van der Waals surface area contributed by atoms with Gasteiger partial charge in [0.15, 0.2) is 6.61 Å². The molecule has 2 aromatic carbocycles. The predicted molar refractivity (Wildman–Crippen MR) is 116 cm³/mol. The van der Waals surface area contributed by atoms with Crippen LogP contribution in [0.15, 0.2) is 53.5 Å². The van der Waals surface area contributed by atoms with Crippen molar-refractivity contribution in [2.45, 2.75) is 32.2 Å². The first-order valence-corrected chi connectivity index (χ1v) is 10.2. The average Bonchev–Trinajstić information content (AvgIpc) is 3.09. The number of H-pyrrole nitrogens is 1. The fourth-order valence-electron chi connectivity index (χ4n) is 3.96. The maximum atomic E-state index is 12.9. The van der Waals surface area contributed by atoms with Crippen LogP contribution in [0.5, 0.6) is 5.75 Å². The number of anilines is 1. The van der Waals surface area contributed by atoms with Gasteiger partial charge in [0.05, 0.1) is 10.9 Å². The molecular formula is C23H22N4O3. The fourth-order valence-corrected chi connectivity index (χ4v) is 3.96. The highest BCUT2D eigenvalue weighted by Gasteiger charge is 2.14. The second-order valence-corrected chi connectivity index (χ2v) is 7.59. The van der Waals surface area contributed by atoms with Crippen LogP contribution in [0.2, 0.25) is 0 Å². The van der Waals surface area contributed by atoms with E-state index in [1.54, 1.807) is 22.8 Å². The summed E-state index contributed by atoms with van der Waals surface area (Å²) in [4.78, 5) is 33.0. The number of rotatable bonds is 4.